The van der Waals surface area contributed by atoms with Gasteiger partial charge in [0.2, 0.25) is 0 Å². The average Bonchev–Trinajstić information content (AvgIpc) is 3.01. The number of rotatable bonds is 7. The lowest BCUT2D eigenvalue weighted by molar-refractivity contribution is 0.123. The minimum Gasteiger partial charge on any atom is -0.380 e. The van der Waals surface area contributed by atoms with Crippen LogP contribution in [0, 0.1) is 11.3 Å². The largest absolute Gasteiger partial charge is 0.380 e. The van der Waals surface area contributed by atoms with E-state index in [1.54, 1.807) is 0 Å². The molecule has 0 saturated heterocycles. The fourth-order valence-electron chi connectivity index (χ4n) is 2.53. The van der Waals surface area contributed by atoms with E-state index in [0.717, 1.165) is 32.2 Å². The molecule has 0 aliphatic heterocycles. The van der Waals surface area contributed by atoms with Crippen LogP contribution in [0.2, 0.25) is 0 Å². The van der Waals surface area contributed by atoms with Crippen LogP contribution >= 0.6 is 0 Å². The Bertz CT molecular complexity index is 218. The maximum absolute atomic E-state index is 6.13. The van der Waals surface area contributed by atoms with Crippen molar-refractivity contribution >= 4 is 0 Å². The van der Waals surface area contributed by atoms with Crippen molar-refractivity contribution in [3.05, 3.63) is 0 Å². The van der Waals surface area contributed by atoms with E-state index in [4.69, 9.17) is 10.5 Å². The Hall–Kier alpha value is -0.120. The molecule has 0 radical (unpaired) electrons. The van der Waals surface area contributed by atoms with Gasteiger partial charge in [0.15, 0.2) is 0 Å². The summed E-state index contributed by atoms with van der Waals surface area (Å²) in [6.45, 7) is 6.14. The molecule has 2 rings (SSSR count). The first-order valence-corrected chi connectivity index (χ1v) is 6.75. The summed E-state index contributed by atoms with van der Waals surface area (Å²) in [5.41, 5.74) is 6.45. The van der Waals surface area contributed by atoms with Gasteiger partial charge in [-0.1, -0.05) is 13.3 Å². The van der Waals surface area contributed by atoms with Gasteiger partial charge in [0, 0.05) is 25.7 Å². The monoisotopic (exact) mass is 226 g/mol. The summed E-state index contributed by atoms with van der Waals surface area (Å²) >= 11 is 0. The average molecular weight is 226 g/mol. The molecule has 2 aliphatic carbocycles. The van der Waals surface area contributed by atoms with Gasteiger partial charge in [-0.3, -0.25) is 0 Å². The molecule has 0 spiro atoms. The molecule has 3 heteroatoms. The Balaban J connectivity index is 1.49. The van der Waals surface area contributed by atoms with Crippen LogP contribution in [0.4, 0.5) is 0 Å². The van der Waals surface area contributed by atoms with E-state index < -0.39 is 0 Å². The lowest BCUT2D eigenvalue weighted by Crippen LogP contribution is -2.43. The second-order valence-corrected chi connectivity index (χ2v) is 5.85. The topological polar surface area (TPSA) is 47.3 Å². The van der Waals surface area contributed by atoms with Crippen LogP contribution in [0.5, 0.6) is 0 Å². The van der Waals surface area contributed by atoms with Crippen LogP contribution in [-0.2, 0) is 4.74 Å². The molecule has 2 atom stereocenters. The van der Waals surface area contributed by atoms with Crippen LogP contribution in [0.1, 0.15) is 39.0 Å². The smallest absolute Gasteiger partial charge is 0.0591 e. The second-order valence-electron chi connectivity index (χ2n) is 5.85. The quantitative estimate of drug-likeness (QED) is 0.647. The van der Waals surface area contributed by atoms with Gasteiger partial charge >= 0.3 is 0 Å². The third-order valence-electron chi connectivity index (χ3n) is 4.16. The summed E-state index contributed by atoms with van der Waals surface area (Å²) in [5.74, 6) is 0.876. The van der Waals surface area contributed by atoms with Crippen molar-refractivity contribution in [2.24, 2.45) is 17.1 Å². The number of nitrogens with two attached hydrogens (primary N) is 1. The van der Waals surface area contributed by atoms with Gasteiger partial charge in [-0.25, -0.2) is 0 Å². The summed E-state index contributed by atoms with van der Waals surface area (Å²) in [6.07, 6.45) is 6.50. The molecular weight excluding hydrogens is 200 g/mol. The molecule has 2 fully saturated rings. The number of ether oxygens (including phenoxy) is 1. The summed E-state index contributed by atoms with van der Waals surface area (Å²) < 4.78 is 5.59. The van der Waals surface area contributed by atoms with Crippen LogP contribution in [0.25, 0.3) is 0 Å². The van der Waals surface area contributed by atoms with Crippen LogP contribution in [0.3, 0.4) is 0 Å². The highest BCUT2D eigenvalue weighted by molar-refractivity contribution is 4.92. The summed E-state index contributed by atoms with van der Waals surface area (Å²) in [5, 5.41) is 3.49. The van der Waals surface area contributed by atoms with Crippen molar-refractivity contribution < 1.29 is 4.74 Å². The van der Waals surface area contributed by atoms with E-state index >= 15 is 0 Å². The van der Waals surface area contributed by atoms with E-state index in [1.807, 2.05) is 0 Å². The van der Waals surface area contributed by atoms with E-state index in [0.29, 0.717) is 11.5 Å². The van der Waals surface area contributed by atoms with Crippen molar-refractivity contribution in [3.63, 3.8) is 0 Å². The van der Waals surface area contributed by atoms with Crippen LogP contribution in [0.15, 0.2) is 0 Å². The Morgan fingerprint density at radius 2 is 2.19 bits per heavy atom. The molecule has 3 nitrogen and oxygen atoms in total. The predicted octanol–water partition coefficient (Wildman–Crippen LogP) is 1.52. The first-order chi connectivity index (χ1) is 7.71. The first kappa shape index (κ1) is 12.3. The first-order valence-electron chi connectivity index (χ1n) is 6.75. The Kier molecular flexibility index (Phi) is 4.22. The molecule has 0 heterocycles. The fourth-order valence-corrected chi connectivity index (χ4v) is 2.53. The lowest BCUT2D eigenvalue weighted by Gasteiger charge is -2.29. The maximum Gasteiger partial charge on any atom is 0.0591 e. The lowest BCUT2D eigenvalue weighted by atomic mass is 9.85. The summed E-state index contributed by atoms with van der Waals surface area (Å²) in [6, 6.07) is 0.382. The normalized spacial score (nSPS) is 34.5. The molecule has 2 unspecified atom stereocenters. The Labute approximate surface area is 99.1 Å². The molecule has 2 aliphatic rings. The molecular formula is C13H26N2O. The molecule has 94 valence electrons. The Morgan fingerprint density at radius 1 is 1.38 bits per heavy atom. The predicted molar refractivity (Wildman–Crippen MR) is 66.3 cm³/mol. The van der Waals surface area contributed by atoms with Gasteiger partial charge in [0.05, 0.1) is 6.61 Å². The third-order valence-corrected chi connectivity index (χ3v) is 4.16. The fraction of sp³-hybridized carbons (Fsp3) is 1.00. The number of hydrogen-bond acceptors (Lipinski definition) is 3. The minimum atomic E-state index is 0.316. The minimum absolute atomic E-state index is 0.316. The van der Waals surface area contributed by atoms with Gasteiger partial charge in [0.1, 0.15) is 0 Å². The highest BCUT2D eigenvalue weighted by atomic mass is 16.5. The molecule has 16 heavy (non-hydrogen) atoms. The molecule has 0 aromatic rings. The molecule has 0 bridgehead atoms. The summed E-state index contributed by atoms with van der Waals surface area (Å²) in [7, 11) is 0. The van der Waals surface area contributed by atoms with Gasteiger partial charge in [-0.05, 0) is 37.0 Å². The van der Waals surface area contributed by atoms with Gasteiger partial charge in [-0.2, -0.15) is 0 Å². The molecule has 3 N–H and O–H groups in total. The van der Waals surface area contributed by atoms with Crippen molar-refractivity contribution in [3.8, 4) is 0 Å². The van der Waals surface area contributed by atoms with Crippen molar-refractivity contribution in [1.29, 1.82) is 0 Å². The molecule has 0 aromatic heterocycles. The van der Waals surface area contributed by atoms with Crippen molar-refractivity contribution in [1.82, 2.24) is 5.32 Å². The zero-order chi connectivity index (χ0) is 11.4. The molecule has 0 amide bonds. The van der Waals surface area contributed by atoms with Gasteiger partial charge in [0.25, 0.3) is 0 Å². The second kappa shape index (κ2) is 5.48. The van der Waals surface area contributed by atoms with Crippen molar-refractivity contribution in [2.45, 2.75) is 45.1 Å². The van der Waals surface area contributed by atoms with E-state index in [9.17, 15) is 0 Å². The van der Waals surface area contributed by atoms with E-state index in [2.05, 4.69) is 12.2 Å². The zero-order valence-corrected chi connectivity index (χ0v) is 10.5. The maximum atomic E-state index is 6.13. The Morgan fingerprint density at radius 3 is 2.81 bits per heavy atom. The van der Waals surface area contributed by atoms with E-state index in [1.165, 1.54) is 32.1 Å². The highest BCUT2D eigenvalue weighted by Gasteiger charge is 2.35. The van der Waals surface area contributed by atoms with E-state index in [-0.39, 0.29) is 0 Å². The van der Waals surface area contributed by atoms with Gasteiger partial charge < -0.3 is 15.8 Å². The van der Waals surface area contributed by atoms with Gasteiger partial charge in [-0.15, -0.1) is 0 Å². The number of nitrogens with one attached hydrogen (secondary N) is 1. The molecule has 0 aromatic carbocycles. The number of hydrogen-bond donors (Lipinski definition) is 2. The van der Waals surface area contributed by atoms with Crippen LogP contribution < -0.4 is 11.1 Å². The zero-order valence-electron chi connectivity index (χ0n) is 10.5. The van der Waals surface area contributed by atoms with Crippen molar-refractivity contribution in [2.75, 3.05) is 26.3 Å². The summed E-state index contributed by atoms with van der Waals surface area (Å²) in [4.78, 5) is 0. The third kappa shape index (κ3) is 3.44. The highest BCUT2D eigenvalue weighted by Crippen LogP contribution is 2.35. The SMILES string of the molecule is CC1(CNCCOCC2CC2)CCCC1N. The molecule has 2 saturated carbocycles. The van der Waals surface area contributed by atoms with Crippen LogP contribution in [-0.4, -0.2) is 32.3 Å². The standard InChI is InChI=1S/C13H26N2O/c1-13(6-2-3-12(13)14)10-15-7-8-16-9-11-4-5-11/h11-12,15H,2-10,14H2,1H3.